The van der Waals surface area contributed by atoms with E-state index in [9.17, 15) is 4.39 Å². The Hall–Kier alpha value is -1.41. The first-order valence-corrected chi connectivity index (χ1v) is 7.36. The Morgan fingerprint density at radius 2 is 2.10 bits per heavy atom. The van der Waals surface area contributed by atoms with Crippen LogP contribution in [0.1, 0.15) is 36.8 Å². The maximum atomic E-state index is 13.4. The standard InChI is InChI=1S/C17H19ClFN/c1-3-6-13-7-4-5-8-15(13)16(18)17-12(2)9-10-14(19)11-20-17/h4-5,7-11,14,16H,3,6H2,1-2H3. The van der Waals surface area contributed by atoms with Crippen molar-refractivity contribution in [3.8, 4) is 0 Å². The first-order valence-electron chi connectivity index (χ1n) is 6.92. The molecule has 1 nitrogen and oxygen atoms in total. The van der Waals surface area contributed by atoms with Crippen LogP contribution < -0.4 is 0 Å². The minimum Gasteiger partial charge on any atom is -0.260 e. The molecule has 0 radical (unpaired) electrons. The molecule has 0 saturated carbocycles. The summed E-state index contributed by atoms with van der Waals surface area (Å²) >= 11 is 6.61. The van der Waals surface area contributed by atoms with Gasteiger partial charge in [-0.25, -0.2) is 4.39 Å². The summed E-state index contributed by atoms with van der Waals surface area (Å²) < 4.78 is 13.4. The number of alkyl halides is 2. The Balaban J connectivity index is 2.38. The van der Waals surface area contributed by atoms with Gasteiger partial charge in [-0.05, 0) is 36.1 Å². The topological polar surface area (TPSA) is 12.4 Å². The highest BCUT2D eigenvalue weighted by molar-refractivity contribution is 6.22. The van der Waals surface area contributed by atoms with Gasteiger partial charge in [0.2, 0.25) is 0 Å². The molecule has 3 heteroatoms. The predicted molar refractivity (Wildman–Crippen MR) is 84.3 cm³/mol. The second-order valence-corrected chi connectivity index (χ2v) is 5.40. The number of halogens is 2. The Kier molecular flexibility index (Phi) is 5.13. The number of rotatable bonds is 4. The molecule has 1 aliphatic rings. The fourth-order valence-electron chi connectivity index (χ4n) is 2.32. The van der Waals surface area contributed by atoms with E-state index in [-0.39, 0.29) is 5.38 Å². The summed E-state index contributed by atoms with van der Waals surface area (Å²) in [6, 6.07) is 8.12. The number of hydrogen-bond donors (Lipinski definition) is 0. The third-order valence-corrected chi connectivity index (χ3v) is 3.82. The third-order valence-electron chi connectivity index (χ3n) is 3.38. The first kappa shape index (κ1) is 15.0. The summed E-state index contributed by atoms with van der Waals surface area (Å²) in [5, 5.41) is -0.344. The van der Waals surface area contributed by atoms with E-state index in [0.29, 0.717) is 0 Å². The Labute approximate surface area is 124 Å². The van der Waals surface area contributed by atoms with Gasteiger partial charge in [-0.2, -0.15) is 0 Å². The molecule has 0 fully saturated rings. The molecule has 2 unspecified atom stereocenters. The lowest BCUT2D eigenvalue weighted by molar-refractivity contribution is 0.499. The van der Waals surface area contributed by atoms with Gasteiger partial charge in [-0.3, -0.25) is 4.99 Å². The van der Waals surface area contributed by atoms with Crippen LogP contribution in [0.15, 0.2) is 52.7 Å². The molecule has 1 aliphatic heterocycles. The van der Waals surface area contributed by atoms with Crippen molar-refractivity contribution in [2.24, 2.45) is 4.99 Å². The van der Waals surface area contributed by atoms with E-state index < -0.39 is 6.17 Å². The van der Waals surface area contributed by atoms with Crippen LogP contribution in [0.3, 0.4) is 0 Å². The highest BCUT2D eigenvalue weighted by atomic mass is 35.5. The van der Waals surface area contributed by atoms with Crippen LogP contribution in [0.2, 0.25) is 0 Å². The average molecular weight is 292 g/mol. The Morgan fingerprint density at radius 1 is 1.35 bits per heavy atom. The van der Waals surface area contributed by atoms with E-state index in [1.54, 1.807) is 6.08 Å². The van der Waals surface area contributed by atoms with Crippen LogP contribution >= 0.6 is 11.6 Å². The van der Waals surface area contributed by atoms with Crippen LogP contribution in [0.5, 0.6) is 0 Å². The van der Waals surface area contributed by atoms with Crippen LogP contribution in [-0.2, 0) is 6.42 Å². The van der Waals surface area contributed by atoms with Gasteiger partial charge in [0.05, 0.1) is 5.70 Å². The van der Waals surface area contributed by atoms with Crippen molar-refractivity contribution in [1.29, 1.82) is 0 Å². The molecular weight excluding hydrogens is 273 g/mol. The van der Waals surface area contributed by atoms with Crippen LogP contribution in [-0.4, -0.2) is 12.4 Å². The van der Waals surface area contributed by atoms with E-state index in [1.165, 1.54) is 17.9 Å². The summed E-state index contributed by atoms with van der Waals surface area (Å²) in [7, 11) is 0. The molecule has 1 aromatic rings. The lowest BCUT2D eigenvalue weighted by atomic mass is 9.97. The largest absolute Gasteiger partial charge is 0.260 e. The second kappa shape index (κ2) is 6.85. The van der Waals surface area contributed by atoms with Crippen molar-refractivity contribution < 1.29 is 4.39 Å². The first-order chi connectivity index (χ1) is 9.63. The van der Waals surface area contributed by atoms with Gasteiger partial charge < -0.3 is 0 Å². The van der Waals surface area contributed by atoms with Crippen molar-refractivity contribution >= 4 is 17.8 Å². The molecule has 20 heavy (non-hydrogen) atoms. The van der Waals surface area contributed by atoms with E-state index in [1.807, 2.05) is 25.1 Å². The fraction of sp³-hybridized carbons (Fsp3) is 0.353. The summed E-state index contributed by atoms with van der Waals surface area (Å²) in [6.45, 7) is 4.06. The highest BCUT2D eigenvalue weighted by Crippen LogP contribution is 2.35. The molecule has 0 amide bonds. The molecule has 0 bridgehead atoms. The fourth-order valence-corrected chi connectivity index (χ4v) is 2.76. The number of benzene rings is 1. The second-order valence-electron chi connectivity index (χ2n) is 4.96. The minimum absolute atomic E-state index is 0.344. The van der Waals surface area contributed by atoms with Crippen LogP contribution in [0.4, 0.5) is 4.39 Å². The third kappa shape index (κ3) is 3.37. The van der Waals surface area contributed by atoms with Crippen molar-refractivity contribution in [1.82, 2.24) is 0 Å². The Bertz CT molecular complexity index is 560. The quantitative estimate of drug-likeness (QED) is 0.679. The summed E-state index contributed by atoms with van der Waals surface area (Å²) in [4.78, 5) is 4.25. The molecule has 106 valence electrons. The van der Waals surface area contributed by atoms with Gasteiger partial charge in [-0.1, -0.05) is 43.7 Å². The van der Waals surface area contributed by atoms with E-state index in [2.05, 4.69) is 18.0 Å². The lowest BCUT2D eigenvalue weighted by Gasteiger charge is -2.16. The number of aliphatic imine (C=N–C) groups is 1. The molecule has 1 aromatic carbocycles. The van der Waals surface area contributed by atoms with Crippen LogP contribution in [0.25, 0.3) is 0 Å². The molecule has 2 atom stereocenters. The predicted octanol–water partition coefficient (Wildman–Crippen LogP) is 5.17. The number of nitrogens with zero attached hydrogens (tertiary/aromatic N) is 1. The van der Waals surface area contributed by atoms with Gasteiger partial charge >= 0.3 is 0 Å². The zero-order valence-electron chi connectivity index (χ0n) is 11.8. The monoisotopic (exact) mass is 291 g/mol. The van der Waals surface area contributed by atoms with Gasteiger partial charge in [0, 0.05) is 6.21 Å². The molecule has 0 spiro atoms. The maximum Gasteiger partial charge on any atom is 0.154 e. The lowest BCUT2D eigenvalue weighted by Crippen LogP contribution is -2.01. The molecule has 0 saturated heterocycles. The molecule has 0 aliphatic carbocycles. The average Bonchev–Trinajstić information content (AvgIpc) is 2.61. The van der Waals surface area contributed by atoms with Gasteiger partial charge in [0.25, 0.3) is 0 Å². The number of aryl methyl sites for hydroxylation is 1. The van der Waals surface area contributed by atoms with Crippen molar-refractivity contribution in [2.75, 3.05) is 0 Å². The van der Waals surface area contributed by atoms with Crippen molar-refractivity contribution in [2.45, 2.75) is 38.2 Å². The highest BCUT2D eigenvalue weighted by Gasteiger charge is 2.19. The molecular formula is C17H19ClFN. The number of hydrogen-bond acceptors (Lipinski definition) is 1. The molecule has 1 heterocycles. The maximum absolute atomic E-state index is 13.4. The minimum atomic E-state index is -1.14. The molecule has 2 rings (SSSR count). The van der Waals surface area contributed by atoms with Gasteiger partial charge in [-0.15, -0.1) is 11.6 Å². The van der Waals surface area contributed by atoms with Gasteiger partial charge in [0.15, 0.2) is 6.17 Å². The van der Waals surface area contributed by atoms with Crippen molar-refractivity contribution in [3.05, 3.63) is 58.8 Å². The van der Waals surface area contributed by atoms with E-state index in [4.69, 9.17) is 11.6 Å². The van der Waals surface area contributed by atoms with Gasteiger partial charge in [0.1, 0.15) is 5.38 Å². The molecule has 0 aromatic heterocycles. The zero-order chi connectivity index (χ0) is 14.5. The Morgan fingerprint density at radius 3 is 2.85 bits per heavy atom. The van der Waals surface area contributed by atoms with Crippen molar-refractivity contribution in [3.63, 3.8) is 0 Å². The van der Waals surface area contributed by atoms with Crippen LogP contribution in [0, 0.1) is 0 Å². The summed E-state index contributed by atoms with van der Waals surface area (Å²) in [5.74, 6) is 0. The summed E-state index contributed by atoms with van der Waals surface area (Å²) in [5.41, 5.74) is 3.93. The van der Waals surface area contributed by atoms with E-state index >= 15 is 0 Å². The van der Waals surface area contributed by atoms with E-state index in [0.717, 1.165) is 29.7 Å². The normalized spacial score (nSPS) is 20.1. The zero-order valence-corrected chi connectivity index (χ0v) is 12.6. The number of allylic oxidation sites excluding steroid dienone is 4. The smallest absolute Gasteiger partial charge is 0.154 e. The SMILES string of the molecule is CCCc1ccccc1C(Cl)C1=C(C)C=CC(F)C=N1. The summed E-state index contributed by atoms with van der Waals surface area (Å²) in [6.07, 6.45) is 5.46. The molecule has 0 N–H and O–H groups in total.